The van der Waals surface area contributed by atoms with Gasteiger partial charge in [0.15, 0.2) is 0 Å². The molecular weight excluding hydrogens is 440 g/mol. The first-order valence-corrected chi connectivity index (χ1v) is 12.8. The van der Waals surface area contributed by atoms with Gasteiger partial charge in [-0.25, -0.2) is 0 Å². The molecule has 0 radical (unpaired) electrons. The second-order valence-electron chi connectivity index (χ2n) is 9.48. The average Bonchev–Trinajstić information content (AvgIpc) is 3.39. The van der Waals surface area contributed by atoms with Gasteiger partial charge in [-0.1, -0.05) is 84.8 Å². The van der Waals surface area contributed by atoms with Gasteiger partial charge in [-0.15, -0.1) is 0 Å². The van der Waals surface area contributed by atoms with Gasteiger partial charge < -0.3 is 10.0 Å². The standard InChI is InChI=1S/C30H33ClN2O/c31-26-15-12-25(13-16-26)30(29-27-11-4-3-10-24(27)14-17-28(29)34)33-21-19-32(20-22-33)18-6-5-9-23-7-1-2-8-23/h1-4,7-8,10-17,23,30,34H,5-6,9,18-22H2. The molecular formula is C30H33ClN2O. The van der Waals surface area contributed by atoms with Crippen molar-refractivity contribution in [2.75, 3.05) is 32.7 Å². The number of benzene rings is 3. The lowest BCUT2D eigenvalue weighted by Crippen LogP contribution is -2.48. The van der Waals surface area contributed by atoms with Crippen LogP contribution < -0.4 is 0 Å². The first-order chi connectivity index (χ1) is 16.7. The van der Waals surface area contributed by atoms with E-state index in [1.165, 1.54) is 31.4 Å². The Morgan fingerprint density at radius 3 is 2.35 bits per heavy atom. The van der Waals surface area contributed by atoms with Gasteiger partial charge >= 0.3 is 0 Å². The van der Waals surface area contributed by atoms with Crippen LogP contribution in [-0.4, -0.2) is 47.6 Å². The van der Waals surface area contributed by atoms with Crippen molar-refractivity contribution in [3.05, 3.63) is 101 Å². The van der Waals surface area contributed by atoms with Crippen LogP contribution in [0.4, 0.5) is 0 Å². The van der Waals surface area contributed by atoms with Crippen molar-refractivity contribution in [2.24, 2.45) is 5.92 Å². The highest BCUT2D eigenvalue weighted by Gasteiger charge is 2.29. The molecule has 2 aliphatic rings. The largest absolute Gasteiger partial charge is 0.508 e. The molecule has 34 heavy (non-hydrogen) atoms. The molecule has 0 saturated carbocycles. The van der Waals surface area contributed by atoms with Crippen LogP contribution in [0, 0.1) is 5.92 Å². The smallest absolute Gasteiger partial charge is 0.121 e. The summed E-state index contributed by atoms with van der Waals surface area (Å²) in [5, 5.41) is 14.0. The van der Waals surface area contributed by atoms with Gasteiger partial charge in [0.25, 0.3) is 0 Å². The molecule has 0 spiro atoms. The van der Waals surface area contributed by atoms with Gasteiger partial charge in [-0.05, 0) is 59.8 Å². The van der Waals surface area contributed by atoms with Crippen molar-refractivity contribution < 1.29 is 5.11 Å². The first-order valence-electron chi connectivity index (χ1n) is 12.5. The summed E-state index contributed by atoms with van der Waals surface area (Å²) < 4.78 is 0. The van der Waals surface area contributed by atoms with Gasteiger partial charge in [0.05, 0.1) is 6.04 Å². The fourth-order valence-electron chi connectivity index (χ4n) is 5.41. The van der Waals surface area contributed by atoms with Gasteiger partial charge in [-0.3, -0.25) is 4.90 Å². The first kappa shape index (κ1) is 23.2. The van der Waals surface area contributed by atoms with Crippen LogP contribution in [-0.2, 0) is 0 Å². The van der Waals surface area contributed by atoms with Gasteiger partial charge in [-0.2, -0.15) is 0 Å². The van der Waals surface area contributed by atoms with E-state index < -0.39 is 0 Å². The minimum absolute atomic E-state index is 0.00791. The Hall–Kier alpha value is -2.59. The minimum Gasteiger partial charge on any atom is -0.508 e. The Bertz CT molecular complexity index is 1150. The number of aromatic hydroxyl groups is 1. The number of unbranched alkanes of at least 4 members (excludes halogenated alkanes) is 1. The molecule has 1 N–H and O–H groups in total. The summed E-state index contributed by atoms with van der Waals surface area (Å²) in [5.74, 6) is 1.00. The maximum absolute atomic E-state index is 11.0. The molecule has 1 atom stereocenters. The summed E-state index contributed by atoms with van der Waals surface area (Å²) in [6.45, 7) is 5.23. The Balaban J connectivity index is 1.32. The maximum Gasteiger partial charge on any atom is 0.121 e. The number of fused-ring (bicyclic) bond motifs is 1. The number of piperazine rings is 1. The number of phenols is 1. The molecule has 176 valence electrons. The van der Waals surface area contributed by atoms with Crippen LogP contribution >= 0.6 is 11.6 Å². The molecule has 1 unspecified atom stereocenters. The summed E-state index contributed by atoms with van der Waals surface area (Å²) in [4.78, 5) is 5.12. The fraction of sp³-hybridized carbons (Fsp3) is 0.333. The minimum atomic E-state index is -0.00791. The third-order valence-corrected chi connectivity index (χ3v) is 7.52. The van der Waals surface area contributed by atoms with Crippen LogP contribution in [0.25, 0.3) is 10.8 Å². The highest BCUT2D eigenvalue weighted by atomic mass is 35.5. The Morgan fingerprint density at radius 1 is 0.853 bits per heavy atom. The van der Waals surface area contributed by atoms with Crippen molar-refractivity contribution >= 4 is 22.4 Å². The van der Waals surface area contributed by atoms with Crippen molar-refractivity contribution in [1.29, 1.82) is 0 Å². The summed E-state index contributed by atoms with van der Waals surface area (Å²) in [7, 11) is 0. The number of nitrogens with zero attached hydrogens (tertiary/aromatic N) is 2. The SMILES string of the molecule is Oc1ccc2ccccc2c1C(c1ccc(Cl)cc1)N1CCN(CCCCC2C=CC=C2)CC1. The van der Waals surface area contributed by atoms with E-state index in [1.807, 2.05) is 24.3 Å². The van der Waals surface area contributed by atoms with E-state index in [0.29, 0.717) is 11.7 Å². The lowest BCUT2D eigenvalue weighted by molar-refractivity contribution is 0.107. The molecule has 1 heterocycles. The molecule has 0 bridgehead atoms. The lowest BCUT2D eigenvalue weighted by atomic mass is 9.91. The van der Waals surface area contributed by atoms with Crippen LogP contribution in [0.3, 0.4) is 0 Å². The molecule has 1 saturated heterocycles. The monoisotopic (exact) mass is 472 g/mol. The van der Waals surface area contributed by atoms with Gasteiger partial charge in [0.1, 0.15) is 5.75 Å². The third-order valence-electron chi connectivity index (χ3n) is 7.27. The number of rotatable bonds is 8. The van der Waals surface area contributed by atoms with E-state index in [-0.39, 0.29) is 6.04 Å². The highest BCUT2D eigenvalue weighted by molar-refractivity contribution is 6.30. The normalized spacial score (nSPS) is 18.1. The predicted molar refractivity (Wildman–Crippen MR) is 143 cm³/mol. The van der Waals surface area contributed by atoms with E-state index in [2.05, 4.69) is 70.5 Å². The van der Waals surface area contributed by atoms with E-state index in [1.54, 1.807) is 0 Å². The Morgan fingerprint density at radius 2 is 1.59 bits per heavy atom. The summed E-state index contributed by atoms with van der Waals surface area (Å²) in [5.41, 5.74) is 2.16. The zero-order valence-corrected chi connectivity index (χ0v) is 20.4. The molecule has 0 aromatic heterocycles. The zero-order chi connectivity index (χ0) is 23.3. The summed E-state index contributed by atoms with van der Waals surface area (Å²) >= 11 is 6.22. The van der Waals surface area contributed by atoms with Crippen LogP contribution in [0.2, 0.25) is 5.02 Å². The van der Waals surface area contributed by atoms with E-state index >= 15 is 0 Å². The van der Waals surface area contributed by atoms with Crippen LogP contribution in [0.5, 0.6) is 5.75 Å². The Kier molecular flexibility index (Phi) is 7.34. The quantitative estimate of drug-likeness (QED) is 0.364. The molecule has 5 rings (SSSR count). The van der Waals surface area contributed by atoms with Crippen molar-refractivity contribution in [3.8, 4) is 5.75 Å². The van der Waals surface area contributed by atoms with Gasteiger partial charge in [0, 0.05) is 36.8 Å². The van der Waals surface area contributed by atoms with Crippen molar-refractivity contribution in [1.82, 2.24) is 9.80 Å². The number of phenolic OH excluding ortho intramolecular Hbond substituents is 1. The van der Waals surface area contributed by atoms with Gasteiger partial charge in [0.2, 0.25) is 0 Å². The molecule has 3 aromatic rings. The summed E-state index contributed by atoms with van der Waals surface area (Å²) in [6.07, 6.45) is 12.7. The molecule has 0 amide bonds. The number of hydrogen-bond donors (Lipinski definition) is 1. The maximum atomic E-state index is 11.0. The molecule has 3 aromatic carbocycles. The van der Waals surface area contributed by atoms with Crippen LogP contribution in [0.1, 0.15) is 36.4 Å². The topological polar surface area (TPSA) is 26.7 Å². The molecule has 1 aliphatic carbocycles. The highest BCUT2D eigenvalue weighted by Crippen LogP contribution is 2.40. The van der Waals surface area contributed by atoms with E-state index in [0.717, 1.165) is 47.5 Å². The van der Waals surface area contributed by atoms with Crippen molar-refractivity contribution in [2.45, 2.75) is 25.3 Å². The number of halogens is 1. The van der Waals surface area contributed by atoms with E-state index in [9.17, 15) is 5.11 Å². The second-order valence-corrected chi connectivity index (χ2v) is 9.92. The molecule has 3 nitrogen and oxygen atoms in total. The molecule has 1 fully saturated rings. The fourth-order valence-corrected chi connectivity index (χ4v) is 5.53. The lowest BCUT2D eigenvalue weighted by Gasteiger charge is -2.40. The zero-order valence-electron chi connectivity index (χ0n) is 19.6. The summed E-state index contributed by atoms with van der Waals surface area (Å²) in [6, 6.07) is 20.3. The Labute approximate surface area is 208 Å². The average molecular weight is 473 g/mol. The van der Waals surface area contributed by atoms with Crippen LogP contribution in [0.15, 0.2) is 85.0 Å². The van der Waals surface area contributed by atoms with Crippen molar-refractivity contribution in [3.63, 3.8) is 0 Å². The predicted octanol–water partition coefficient (Wildman–Crippen LogP) is 6.82. The third kappa shape index (κ3) is 5.22. The second kappa shape index (κ2) is 10.8. The number of allylic oxidation sites excluding steroid dienone is 4. The molecule has 4 heteroatoms. The van der Waals surface area contributed by atoms with E-state index in [4.69, 9.17) is 11.6 Å². The number of hydrogen-bond acceptors (Lipinski definition) is 3. The molecule has 1 aliphatic heterocycles.